The summed E-state index contributed by atoms with van der Waals surface area (Å²) < 4.78 is 5.18. The minimum Gasteiger partial charge on any atom is -0.497 e. The fourth-order valence-electron chi connectivity index (χ4n) is 2.11. The molecule has 0 amide bonds. The lowest BCUT2D eigenvalue weighted by molar-refractivity contribution is 0.415. The number of aryl methyl sites for hydroxylation is 1. The minimum atomic E-state index is 0.314. The first-order valence-corrected chi connectivity index (χ1v) is 6.51. The highest BCUT2D eigenvalue weighted by Gasteiger charge is 2.11. The predicted octanol–water partition coefficient (Wildman–Crippen LogP) is 4.82. The van der Waals surface area contributed by atoms with Crippen molar-refractivity contribution in [2.24, 2.45) is 0 Å². The van der Waals surface area contributed by atoms with Gasteiger partial charge in [0.25, 0.3) is 0 Å². The van der Waals surface area contributed by atoms with Gasteiger partial charge in [-0.1, -0.05) is 55.5 Å². The molecular weight excluding hydrogens is 232 g/mol. The van der Waals surface area contributed by atoms with Gasteiger partial charge < -0.3 is 4.74 Å². The number of ether oxygens (including phenoxy) is 1. The average Bonchev–Trinajstić information content (AvgIpc) is 2.46. The van der Waals surface area contributed by atoms with Crippen molar-refractivity contribution in [2.45, 2.75) is 19.8 Å². The number of hydrogen-bond donors (Lipinski definition) is 0. The van der Waals surface area contributed by atoms with Gasteiger partial charge in [0.05, 0.1) is 7.11 Å². The van der Waals surface area contributed by atoms with Crippen molar-refractivity contribution in [3.05, 3.63) is 71.8 Å². The molecule has 0 saturated carbocycles. The van der Waals surface area contributed by atoms with Gasteiger partial charge in [-0.05, 0) is 35.8 Å². The van der Waals surface area contributed by atoms with Crippen molar-refractivity contribution >= 4 is 5.57 Å². The van der Waals surface area contributed by atoms with E-state index in [0.717, 1.165) is 16.9 Å². The fourth-order valence-corrected chi connectivity index (χ4v) is 2.11. The molecular formula is C18H20O. The molecule has 0 aliphatic carbocycles. The summed E-state index contributed by atoms with van der Waals surface area (Å²) in [4.78, 5) is 0. The lowest BCUT2D eigenvalue weighted by Gasteiger charge is -2.16. The smallest absolute Gasteiger partial charge is 0.118 e. The van der Waals surface area contributed by atoms with Gasteiger partial charge in [0.15, 0.2) is 0 Å². The molecule has 1 unspecified atom stereocenters. The molecule has 19 heavy (non-hydrogen) atoms. The molecule has 0 saturated heterocycles. The van der Waals surface area contributed by atoms with Crippen LogP contribution in [0.4, 0.5) is 0 Å². The Bertz CT molecular complexity index is 549. The molecule has 98 valence electrons. The SMILES string of the molecule is C=C(c1ccc(OC)cc1)C(C)c1ccc(C)cc1. The average molecular weight is 252 g/mol. The molecule has 0 fully saturated rings. The van der Waals surface area contributed by atoms with Gasteiger partial charge in [-0.2, -0.15) is 0 Å². The molecule has 2 aromatic rings. The second-order valence-electron chi connectivity index (χ2n) is 4.89. The number of rotatable bonds is 4. The summed E-state index contributed by atoms with van der Waals surface area (Å²) in [6.45, 7) is 8.53. The maximum atomic E-state index is 5.18. The summed E-state index contributed by atoms with van der Waals surface area (Å²) in [6, 6.07) is 16.7. The number of hydrogen-bond acceptors (Lipinski definition) is 1. The Labute approximate surface area is 115 Å². The monoisotopic (exact) mass is 252 g/mol. The third-order valence-electron chi connectivity index (χ3n) is 3.56. The molecule has 0 heterocycles. The zero-order valence-corrected chi connectivity index (χ0v) is 11.8. The van der Waals surface area contributed by atoms with Crippen molar-refractivity contribution in [3.8, 4) is 5.75 Å². The minimum absolute atomic E-state index is 0.314. The molecule has 0 bridgehead atoms. The van der Waals surface area contributed by atoms with Crippen LogP contribution in [-0.4, -0.2) is 7.11 Å². The van der Waals surface area contributed by atoms with Crippen LogP contribution >= 0.6 is 0 Å². The van der Waals surface area contributed by atoms with E-state index in [1.165, 1.54) is 11.1 Å². The number of allylic oxidation sites excluding steroid dienone is 1. The first-order valence-electron chi connectivity index (χ1n) is 6.51. The van der Waals surface area contributed by atoms with Gasteiger partial charge in [-0.25, -0.2) is 0 Å². The first-order chi connectivity index (χ1) is 9.11. The number of methoxy groups -OCH3 is 1. The maximum absolute atomic E-state index is 5.18. The molecule has 1 atom stereocenters. The summed E-state index contributed by atoms with van der Waals surface area (Å²) >= 11 is 0. The lowest BCUT2D eigenvalue weighted by Crippen LogP contribution is -1.97. The van der Waals surface area contributed by atoms with Gasteiger partial charge in [-0.15, -0.1) is 0 Å². The normalized spacial score (nSPS) is 11.9. The standard InChI is InChI=1S/C18H20O/c1-13-5-7-16(8-6-13)14(2)15(3)17-9-11-18(19-4)12-10-17/h5-12,14H,3H2,1-2,4H3. The van der Waals surface area contributed by atoms with Crippen molar-refractivity contribution < 1.29 is 4.74 Å². The summed E-state index contributed by atoms with van der Waals surface area (Å²) in [7, 11) is 1.68. The molecule has 0 spiro atoms. The second-order valence-corrected chi connectivity index (χ2v) is 4.89. The molecule has 0 aliphatic heterocycles. The van der Waals surface area contributed by atoms with E-state index < -0.39 is 0 Å². The Kier molecular flexibility index (Phi) is 4.06. The lowest BCUT2D eigenvalue weighted by atomic mass is 9.89. The Hall–Kier alpha value is -2.02. The second kappa shape index (κ2) is 5.75. The predicted molar refractivity (Wildman–Crippen MR) is 81.6 cm³/mol. The van der Waals surface area contributed by atoms with Crippen molar-refractivity contribution in [1.29, 1.82) is 0 Å². The van der Waals surface area contributed by atoms with Crippen LogP contribution in [0.5, 0.6) is 5.75 Å². The highest BCUT2D eigenvalue weighted by molar-refractivity contribution is 5.69. The Morgan fingerprint density at radius 2 is 1.58 bits per heavy atom. The summed E-state index contributed by atoms with van der Waals surface area (Å²) in [5.74, 6) is 1.19. The van der Waals surface area contributed by atoms with E-state index in [-0.39, 0.29) is 0 Å². The van der Waals surface area contributed by atoms with E-state index in [2.05, 4.69) is 56.8 Å². The van der Waals surface area contributed by atoms with E-state index >= 15 is 0 Å². The van der Waals surface area contributed by atoms with E-state index in [4.69, 9.17) is 4.74 Å². The molecule has 1 heteroatoms. The zero-order chi connectivity index (χ0) is 13.8. The molecule has 2 rings (SSSR count). The fraction of sp³-hybridized carbons (Fsp3) is 0.222. The van der Waals surface area contributed by atoms with Gasteiger partial charge >= 0.3 is 0 Å². The van der Waals surface area contributed by atoms with Crippen molar-refractivity contribution in [1.82, 2.24) is 0 Å². The van der Waals surface area contributed by atoms with Crippen LogP contribution in [0.1, 0.15) is 29.5 Å². The van der Waals surface area contributed by atoms with E-state index in [1.807, 2.05) is 12.1 Å². The Morgan fingerprint density at radius 1 is 1.00 bits per heavy atom. The topological polar surface area (TPSA) is 9.23 Å². The zero-order valence-electron chi connectivity index (χ0n) is 11.8. The Morgan fingerprint density at radius 3 is 2.11 bits per heavy atom. The number of benzene rings is 2. The molecule has 0 radical (unpaired) electrons. The van der Waals surface area contributed by atoms with Crippen LogP contribution in [-0.2, 0) is 0 Å². The third-order valence-corrected chi connectivity index (χ3v) is 3.56. The molecule has 1 nitrogen and oxygen atoms in total. The van der Waals surface area contributed by atoms with Crippen LogP contribution in [0.25, 0.3) is 5.57 Å². The molecule has 2 aromatic carbocycles. The van der Waals surface area contributed by atoms with Crippen LogP contribution < -0.4 is 4.74 Å². The Balaban J connectivity index is 2.20. The van der Waals surface area contributed by atoms with Gasteiger partial charge in [0, 0.05) is 5.92 Å². The largest absolute Gasteiger partial charge is 0.497 e. The summed E-state index contributed by atoms with van der Waals surface area (Å²) in [5, 5.41) is 0. The van der Waals surface area contributed by atoms with Gasteiger partial charge in [0.2, 0.25) is 0 Å². The first kappa shape index (κ1) is 13.4. The van der Waals surface area contributed by atoms with Gasteiger partial charge in [0.1, 0.15) is 5.75 Å². The maximum Gasteiger partial charge on any atom is 0.118 e. The molecule has 0 N–H and O–H groups in total. The van der Waals surface area contributed by atoms with E-state index in [9.17, 15) is 0 Å². The summed E-state index contributed by atoms with van der Waals surface area (Å²) in [5.41, 5.74) is 4.87. The van der Waals surface area contributed by atoms with Crippen LogP contribution in [0.3, 0.4) is 0 Å². The summed E-state index contributed by atoms with van der Waals surface area (Å²) in [6.07, 6.45) is 0. The van der Waals surface area contributed by atoms with E-state index in [1.54, 1.807) is 7.11 Å². The van der Waals surface area contributed by atoms with Crippen LogP contribution in [0.15, 0.2) is 55.1 Å². The van der Waals surface area contributed by atoms with Crippen LogP contribution in [0.2, 0.25) is 0 Å². The molecule has 0 aromatic heterocycles. The van der Waals surface area contributed by atoms with Crippen molar-refractivity contribution in [2.75, 3.05) is 7.11 Å². The van der Waals surface area contributed by atoms with Gasteiger partial charge in [-0.3, -0.25) is 0 Å². The van der Waals surface area contributed by atoms with Crippen LogP contribution in [0, 0.1) is 6.92 Å². The molecule has 0 aliphatic rings. The highest BCUT2D eigenvalue weighted by Crippen LogP contribution is 2.31. The quantitative estimate of drug-likeness (QED) is 0.758. The van der Waals surface area contributed by atoms with E-state index in [0.29, 0.717) is 5.92 Å². The highest BCUT2D eigenvalue weighted by atomic mass is 16.5. The van der Waals surface area contributed by atoms with Crippen molar-refractivity contribution in [3.63, 3.8) is 0 Å². The third kappa shape index (κ3) is 3.05.